The number of nitrogens with two attached hydrogens (primary N) is 2. The highest BCUT2D eigenvalue weighted by Crippen LogP contribution is 1.75. The van der Waals surface area contributed by atoms with Gasteiger partial charge in [0, 0.05) is 0 Å². The Labute approximate surface area is 51.0 Å². The molecule has 0 aliphatic carbocycles. The van der Waals surface area contributed by atoms with E-state index in [0.717, 1.165) is 0 Å². The summed E-state index contributed by atoms with van der Waals surface area (Å²) in [6, 6.07) is 0. The molecule has 9 heavy (non-hydrogen) atoms. The third-order valence-electron chi connectivity index (χ3n) is 0.572. The molecule has 0 aromatic carbocycles. The van der Waals surface area contributed by atoms with Crippen molar-refractivity contribution < 1.29 is 14.7 Å². The number of carboxylic acid groups (broad SMARTS) is 1. The van der Waals surface area contributed by atoms with Gasteiger partial charge in [0.25, 0.3) is 0 Å². The lowest BCUT2D eigenvalue weighted by molar-refractivity contribution is -0.118. The van der Waals surface area contributed by atoms with E-state index in [0.29, 0.717) is 5.01 Å². The van der Waals surface area contributed by atoms with E-state index in [1.54, 1.807) is 0 Å². The van der Waals surface area contributed by atoms with Crippen molar-refractivity contribution in [2.45, 2.75) is 0 Å². The summed E-state index contributed by atoms with van der Waals surface area (Å²) in [6.45, 7) is -0.477. The first-order valence-corrected chi connectivity index (χ1v) is 2.07. The molecular weight excluding hydrogens is 126 g/mol. The molecule has 0 rings (SSSR count). The average molecular weight is 133 g/mol. The third-order valence-corrected chi connectivity index (χ3v) is 0.572. The van der Waals surface area contributed by atoms with E-state index >= 15 is 0 Å². The minimum atomic E-state index is -1.38. The first-order valence-electron chi connectivity index (χ1n) is 2.07. The summed E-state index contributed by atoms with van der Waals surface area (Å²) < 4.78 is 0. The van der Waals surface area contributed by atoms with Gasteiger partial charge in [-0.05, 0) is 0 Å². The molecule has 0 unspecified atom stereocenters. The maximum atomic E-state index is 9.95. The second kappa shape index (κ2) is 2.88. The molecular formula is C3H7N3O3. The Morgan fingerprint density at radius 2 is 2.00 bits per heavy atom. The molecule has 0 bridgehead atoms. The van der Waals surface area contributed by atoms with E-state index in [1.165, 1.54) is 0 Å². The van der Waals surface area contributed by atoms with Crippen LogP contribution in [0.5, 0.6) is 0 Å². The summed E-state index contributed by atoms with van der Waals surface area (Å²) >= 11 is 0. The molecule has 0 heterocycles. The smallest absolute Gasteiger partial charge is 0.422 e. The first kappa shape index (κ1) is 7.70. The first-order chi connectivity index (χ1) is 4.04. The van der Waals surface area contributed by atoms with Crippen LogP contribution in [-0.4, -0.2) is 28.7 Å². The van der Waals surface area contributed by atoms with Gasteiger partial charge in [-0.1, -0.05) is 0 Å². The lowest BCUT2D eigenvalue weighted by Gasteiger charge is -2.07. The summed E-state index contributed by atoms with van der Waals surface area (Å²) in [5.41, 5.74) is 4.61. The molecule has 52 valence electrons. The van der Waals surface area contributed by atoms with E-state index in [2.05, 4.69) is 5.73 Å². The minimum absolute atomic E-state index is 0.308. The van der Waals surface area contributed by atoms with Gasteiger partial charge in [-0.15, -0.1) is 0 Å². The Balaban J connectivity index is 3.63. The monoisotopic (exact) mass is 133 g/mol. The van der Waals surface area contributed by atoms with E-state index < -0.39 is 18.5 Å². The second-order valence-corrected chi connectivity index (χ2v) is 1.38. The highest BCUT2D eigenvalue weighted by molar-refractivity contribution is 5.79. The molecule has 0 aliphatic heterocycles. The summed E-state index contributed by atoms with van der Waals surface area (Å²) in [4.78, 5) is 19.8. The van der Waals surface area contributed by atoms with Gasteiger partial charge in [-0.2, -0.15) is 0 Å². The van der Waals surface area contributed by atoms with Crippen LogP contribution < -0.4 is 11.6 Å². The van der Waals surface area contributed by atoms with Gasteiger partial charge in [-0.25, -0.2) is 15.6 Å². The highest BCUT2D eigenvalue weighted by Gasteiger charge is 2.07. The number of rotatable bonds is 2. The SMILES string of the molecule is NC(=O)CN(N)C(=O)O. The third kappa shape index (κ3) is 3.30. The van der Waals surface area contributed by atoms with E-state index in [9.17, 15) is 9.59 Å². The van der Waals surface area contributed by atoms with Gasteiger partial charge in [0.2, 0.25) is 5.91 Å². The Morgan fingerprint density at radius 1 is 1.56 bits per heavy atom. The van der Waals surface area contributed by atoms with Crippen LogP contribution in [0, 0.1) is 0 Å². The van der Waals surface area contributed by atoms with Crippen molar-refractivity contribution in [2.24, 2.45) is 11.6 Å². The summed E-state index contributed by atoms with van der Waals surface area (Å²) in [5.74, 6) is 3.97. The quantitative estimate of drug-likeness (QED) is 0.237. The molecule has 0 saturated carbocycles. The molecule has 5 N–H and O–H groups in total. The summed E-state index contributed by atoms with van der Waals surface area (Å²) in [7, 11) is 0. The Morgan fingerprint density at radius 3 is 2.11 bits per heavy atom. The molecule has 6 nitrogen and oxygen atoms in total. The fourth-order valence-corrected chi connectivity index (χ4v) is 0.236. The van der Waals surface area contributed by atoms with Gasteiger partial charge >= 0.3 is 6.09 Å². The van der Waals surface area contributed by atoms with Crippen molar-refractivity contribution in [3.8, 4) is 0 Å². The topological polar surface area (TPSA) is 110 Å². The maximum absolute atomic E-state index is 9.95. The van der Waals surface area contributed by atoms with Gasteiger partial charge in [0.05, 0.1) is 0 Å². The largest absolute Gasteiger partial charge is 0.464 e. The van der Waals surface area contributed by atoms with Crippen LogP contribution in [0.15, 0.2) is 0 Å². The van der Waals surface area contributed by atoms with E-state index in [4.69, 9.17) is 10.9 Å². The lowest BCUT2D eigenvalue weighted by Crippen LogP contribution is -2.42. The number of carbonyl (C=O) groups excluding carboxylic acids is 1. The van der Waals surface area contributed by atoms with Gasteiger partial charge in [0.15, 0.2) is 0 Å². The van der Waals surface area contributed by atoms with Crippen LogP contribution in [0.3, 0.4) is 0 Å². The normalized spacial score (nSPS) is 8.56. The minimum Gasteiger partial charge on any atom is -0.464 e. The molecule has 0 aliphatic rings. The fraction of sp³-hybridized carbons (Fsp3) is 0.333. The fourth-order valence-electron chi connectivity index (χ4n) is 0.236. The number of carbonyl (C=O) groups is 2. The average Bonchev–Trinajstić information content (AvgIpc) is 1.63. The lowest BCUT2D eigenvalue weighted by atomic mass is 10.6. The molecule has 2 amide bonds. The molecule has 0 spiro atoms. The Hall–Kier alpha value is -1.30. The van der Waals surface area contributed by atoms with Crippen molar-refractivity contribution in [1.82, 2.24) is 5.01 Å². The zero-order valence-electron chi connectivity index (χ0n) is 4.57. The van der Waals surface area contributed by atoms with E-state index in [-0.39, 0.29) is 0 Å². The van der Waals surface area contributed by atoms with Crippen LogP contribution in [0.4, 0.5) is 4.79 Å². The number of amides is 2. The van der Waals surface area contributed by atoms with Crippen molar-refractivity contribution in [3.05, 3.63) is 0 Å². The predicted molar refractivity (Wildman–Crippen MR) is 28.1 cm³/mol. The van der Waals surface area contributed by atoms with Crippen molar-refractivity contribution >= 4 is 12.0 Å². The molecule has 0 saturated heterocycles. The molecule has 0 fully saturated rings. The van der Waals surface area contributed by atoms with Crippen LogP contribution in [0.25, 0.3) is 0 Å². The maximum Gasteiger partial charge on any atom is 0.422 e. The van der Waals surface area contributed by atoms with Gasteiger partial charge < -0.3 is 10.8 Å². The van der Waals surface area contributed by atoms with E-state index in [1.807, 2.05) is 0 Å². The number of primary amides is 1. The standard InChI is InChI=1S/C3H7N3O3/c4-2(7)1-6(5)3(8)9/h1,5H2,(H2,4,7)(H,8,9). The summed E-state index contributed by atoms with van der Waals surface area (Å²) in [6.07, 6.45) is -1.38. The molecule has 0 aromatic rings. The zero-order valence-corrected chi connectivity index (χ0v) is 4.57. The molecule has 0 atom stereocenters. The van der Waals surface area contributed by atoms with Crippen molar-refractivity contribution in [1.29, 1.82) is 0 Å². The number of hydrazine groups is 1. The van der Waals surface area contributed by atoms with Crippen molar-refractivity contribution in [2.75, 3.05) is 6.54 Å². The molecule has 0 radical (unpaired) electrons. The van der Waals surface area contributed by atoms with Gasteiger partial charge in [-0.3, -0.25) is 4.79 Å². The zero-order chi connectivity index (χ0) is 7.44. The van der Waals surface area contributed by atoms with Crippen LogP contribution in [0.2, 0.25) is 0 Å². The van der Waals surface area contributed by atoms with Crippen molar-refractivity contribution in [3.63, 3.8) is 0 Å². The number of hydrogen-bond acceptors (Lipinski definition) is 3. The second-order valence-electron chi connectivity index (χ2n) is 1.38. The Bertz CT molecular complexity index is 134. The van der Waals surface area contributed by atoms with Crippen LogP contribution in [0.1, 0.15) is 0 Å². The predicted octanol–water partition coefficient (Wildman–Crippen LogP) is -1.67. The molecule has 0 aromatic heterocycles. The summed E-state index contributed by atoms with van der Waals surface area (Å²) in [5, 5.41) is 8.33. The number of nitrogens with zero attached hydrogens (tertiary/aromatic N) is 1. The number of hydrogen-bond donors (Lipinski definition) is 3. The van der Waals surface area contributed by atoms with Gasteiger partial charge in [0.1, 0.15) is 6.54 Å². The van der Waals surface area contributed by atoms with Crippen LogP contribution >= 0.6 is 0 Å². The molecule has 6 heteroatoms. The Kier molecular flexibility index (Phi) is 2.46. The van der Waals surface area contributed by atoms with Crippen LogP contribution in [-0.2, 0) is 4.79 Å². The highest BCUT2D eigenvalue weighted by atomic mass is 16.4.